The van der Waals surface area contributed by atoms with Gasteiger partial charge in [-0.1, -0.05) is 17.7 Å². The highest BCUT2D eigenvalue weighted by Gasteiger charge is 2.10. The molecule has 1 N–H and O–H groups in total. The summed E-state index contributed by atoms with van der Waals surface area (Å²) in [6, 6.07) is 4.15. The van der Waals surface area contributed by atoms with Crippen LogP contribution in [-0.4, -0.2) is 24.8 Å². The van der Waals surface area contributed by atoms with Gasteiger partial charge < -0.3 is 9.84 Å². The maximum absolute atomic E-state index is 13.4. The Labute approximate surface area is 97.1 Å². The first-order chi connectivity index (χ1) is 7.56. The van der Waals surface area contributed by atoms with Crippen molar-refractivity contribution in [3.8, 4) is 0 Å². The second-order valence-corrected chi connectivity index (χ2v) is 3.45. The zero-order chi connectivity index (χ0) is 12.1. The predicted octanol–water partition coefficient (Wildman–Crippen LogP) is 2.59. The topological polar surface area (TPSA) is 46.5 Å². The molecule has 0 bridgehead atoms. The number of rotatable bonds is 4. The molecule has 5 heteroatoms. The fraction of sp³-hybridized carbons (Fsp3) is 0.182. The number of methoxy groups -OCH3 is 1. The number of carboxylic acid groups (broad SMARTS) is 1. The first-order valence-corrected chi connectivity index (χ1v) is 4.81. The molecule has 0 aliphatic carbocycles. The summed E-state index contributed by atoms with van der Waals surface area (Å²) in [7, 11) is 1.36. The van der Waals surface area contributed by atoms with E-state index in [-0.39, 0.29) is 22.8 Å². The Balaban J connectivity index is 3.17. The smallest absolute Gasteiger partial charge is 0.333 e. The van der Waals surface area contributed by atoms with E-state index < -0.39 is 11.8 Å². The van der Waals surface area contributed by atoms with Gasteiger partial charge in [0.15, 0.2) is 0 Å². The van der Waals surface area contributed by atoms with Crippen molar-refractivity contribution in [1.82, 2.24) is 0 Å². The lowest BCUT2D eigenvalue weighted by atomic mass is 10.1. The van der Waals surface area contributed by atoms with Crippen LogP contribution < -0.4 is 0 Å². The van der Waals surface area contributed by atoms with Crippen LogP contribution in [0.15, 0.2) is 23.8 Å². The molecule has 0 atom stereocenters. The highest BCUT2D eigenvalue weighted by atomic mass is 35.5. The largest absolute Gasteiger partial charge is 0.478 e. The van der Waals surface area contributed by atoms with Crippen molar-refractivity contribution in [1.29, 1.82) is 0 Å². The summed E-state index contributed by atoms with van der Waals surface area (Å²) in [5, 5.41) is 9.00. The van der Waals surface area contributed by atoms with Crippen LogP contribution in [0.2, 0.25) is 5.02 Å². The Kier molecular flexibility index (Phi) is 4.46. The molecule has 0 saturated heterocycles. The summed E-state index contributed by atoms with van der Waals surface area (Å²) in [6.07, 6.45) is 1.17. The third-order valence-corrected chi connectivity index (χ3v) is 2.22. The van der Waals surface area contributed by atoms with Gasteiger partial charge in [0.1, 0.15) is 5.82 Å². The van der Waals surface area contributed by atoms with E-state index in [0.29, 0.717) is 0 Å². The van der Waals surface area contributed by atoms with Crippen molar-refractivity contribution in [2.75, 3.05) is 13.7 Å². The van der Waals surface area contributed by atoms with Gasteiger partial charge in [0.25, 0.3) is 0 Å². The highest BCUT2D eigenvalue weighted by Crippen LogP contribution is 2.21. The van der Waals surface area contributed by atoms with Crippen molar-refractivity contribution >= 4 is 23.6 Å². The molecule has 3 nitrogen and oxygen atoms in total. The molecule has 0 heterocycles. The Bertz CT molecular complexity index is 409. The van der Waals surface area contributed by atoms with Crippen LogP contribution in [-0.2, 0) is 9.53 Å². The SMILES string of the molecule is COC/C(=C\c1c(F)cccc1Cl)C(=O)O. The van der Waals surface area contributed by atoms with Crippen molar-refractivity contribution in [3.05, 3.63) is 40.2 Å². The minimum Gasteiger partial charge on any atom is -0.478 e. The molecule has 0 aliphatic heterocycles. The van der Waals surface area contributed by atoms with Gasteiger partial charge in [0.2, 0.25) is 0 Å². The zero-order valence-electron chi connectivity index (χ0n) is 8.54. The molecule has 0 aliphatic rings. The molecule has 1 aromatic carbocycles. The third kappa shape index (κ3) is 3.05. The van der Waals surface area contributed by atoms with Gasteiger partial charge in [-0.2, -0.15) is 0 Å². The molecule has 1 aromatic rings. The summed E-state index contributed by atoms with van der Waals surface area (Å²) in [4.78, 5) is 10.8. The highest BCUT2D eigenvalue weighted by molar-refractivity contribution is 6.32. The summed E-state index contributed by atoms with van der Waals surface area (Å²) in [5.74, 6) is -1.73. The van der Waals surface area contributed by atoms with Crippen molar-refractivity contribution < 1.29 is 19.0 Å². The first kappa shape index (κ1) is 12.7. The standard InChI is InChI=1S/C11H10ClFO3/c1-16-6-7(11(14)15)5-8-9(12)3-2-4-10(8)13/h2-5H,6H2,1H3,(H,14,15)/b7-5+. The maximum Gasteiger partial charge on any atom is 0.333 e. The minimum absolute atomic E-state index is 0.0543. The van der Waals surface area contributed by atoms with Gasteiger partial charge in [-0.15, -0.1) is 0 Å². The van der Waals surface area contributed by atoms with Crippen LogP contribution in [0.4, 0.5) is 4.39 Å². The third-order valence-electron chi connectivity index (χ3n) is 1.89. The summed E-state index contributed by atoms with van der Waals surface area (Å²) in [5.41, 5.74) is -0.00637. The molecule has 0 fully saturated rings. The van der Waals surface area contributed by atoms with Crippen molar-refractivity contribution in [3.63, 3.8) is 0 Å². The molecule has 86 valence electrons. The quantitative estimate of drug-likeness (QED) is 0.828. The molecular weight excluding hydrogens is 235 g/mol. The normalized spacial score (nSPS) is 11.6. The second kappa shape index (κ2) is 5.63. The van der Waals surface area contributed by atoms with Gasteiger partial charge in [0, 0.05) is 12.7 Å². The van der Waals surface area contributed by atoms with Gasteiger partial charge in [-0.05, 0) is 18.2 Å². The van der Waals surface area contributed by atoms with Crippen LogP contribution in [0, 0.1) is 5.82 Å². The predicted molar refractivity (Wildman–Crippen MR) is 58.9 cm³/mol. The van der Waals surface area contributed by atoms with Gasteiger partial charge >= 0.3 is 5.97 Å². The van der Waals surface area contributed by atoms with E-state index >= 15 is 0 Å². The first-order valence-electron chi connectivity index (χ1n) is 4.43. The van der Waals surface area contributed by atoms with E-state index in [1.165, 1.54) is 31.4 Å². The Morgan fingerprint density at radius 1 is 1.62 bits per heavy atom. The number of carbonyl (C=O) groups is 1. The number of hydrogen-bond acceptors (Lipinski definition) is 2. The van der Waals surface area contributed by atoms with Gasteiger partial charge in [-0.3, -0.25) is 0 Å². The van der Waals surface area contributed by atoms with Crippen LogP contribution in [0.1, 0.15) is 5.56 Å². The van der Waals surface area contributed by atoms with E-state index in [1.54, 1.807) is 0 Å². The molecular formula is C11H10ClFO3. The van der Waals surface area contributed by atoms with Crippen molar-refractivity contribution in [2.45, 2.75) is 0 Å². The number of benzene rings is 1. The van der Waals surface area contributed by atoms with Crippen LogP contribution >= 0.6 is 11.6 Å². The number of hydrogen-bond donors (Lipinski definition) is 1. The number of aliphatic carboxylic acids is 1. The van der Waals surface area contributed by atoms with Crippen LogP contribution in [0.3, 0.4) is 0 Å². The molecule has 0 saturated carbocycles. The fourth-order valence-corrected chi connectivity index (χ4v) is 1.36. The molecule has 0 radical (unpaired) electrons. The minimum atomic E-state index is -1.17. The lowest BCUT2D eigenvalue weighted by Gasteiger charge is -2.03. The molecule has 16 heavy (non-hydrogen) atoms. The van der Waals surface area contributed by atoms with E-state index in [4.69, 9.17) is 21.4 Å². The summed E-state index contributed by atoms with van der Waals surface area (Å²) >= 11 is 5.76. The monoisotopic (exact) mass is 244 g/mol. The van der Waals surface area contributed by atoms with Crippen LogP contribution in [0.25, 0.3) is 6.08 Å². The van der Waals surface area contributed by atoms with Crippen molar-refractivity contribution in [2.24, 2.45) is 0 Å². The Morgan fingerprint density at radius 3 is 2.81 bits per heavy atom. The summed E-state index contributed by atoms with van der Waals surface area (Å²) in [6.45, 7) is -0.111. The lowest BCUT2D eigenvalue weighted by Crippen LogP contribution is -2.06. The zero-order valence-corrected chi connectivity index (χ0v) is 9.29. The van der Waals surface area contributed by atoms with Crippen LogP contribution in [0.5, 0.6) is 0 Å². The molecule has 0 aromatic heterocycles. The molecule has 0 amide bonds. The fourth-order valence-electron chi connectivity index (χ4n) is 1.14. The van der Waals surface area contributed by atoms with Gasteiger partial charge in [0.05, 0.1) is 17.2 Å². The molecule has 0 unspecified atom stereocenters. The average Bonchev–Trinajstić information content (AvgIpc) is 2.21. The number of halogens is 2. The van der Waals surface area contributed by atoms with E-state index in [9.17, 15) is 9.18 Å². The van der Waals surface area contributed by atoms with Gasteiger partial charge in [-0.25, -0.2) is 9.18 Å². The Morgan fingerprint density at radius 2 is 2.31 bits per heavy atom. The Hall–Kier alpha value is -1.39. The second-order valence-electron chi connectivity index (χ2n) is 3.04. The molecule has 0 spiro atoms. The lowest BCUT2D eigenvalue weighted by molar-refractivity contribution is -0.133. The molecule has 1 rings (SSSR count). The van der Waals surface area contributed by atoms with E-state index in [2.05, 4.69) is 0 Å². The number of ether oxygens (including phenoxy) is 1. The number of carboxylic acids is 1. The maximum atomic E-state index is 13.4. The van der Waals surface area contributed by atoms with E-state index in [1.807, 2.05) is 0 Å². The van der Waals surface area contributed by atoms with E-state index in [0.717, 1.165) is 0 Å². The average molecular weight is 245 g/mol. The summed E-state index contributed by atoms with van der Waals surface area (Å²) < 4.78 is 18.1.